The average Bonchev–Trinajstić information content (AvgIpc) is 3.50. The summed E-state index contributed by atoms with van der Waals surface area (Å²) in [5, 5.41) is 10.6. The van der Waals surface area contributed by atoms with E-state index in [-0.39, 0.29) is 18.0 Å². The van der Waals surface area contributed by atoms with Crippen molar-refractivity contribution in [3.63, 3.8) is 0 Å². The minimum Gasteiger partial charge on any atom is -0.507 e. The van der Waals surface area contributed by atoms with Gasteiger partial charge in [0, 0.05) is 17.5 Å². The van der Waals surface area contributed by atoms with Gasteiger partial charge in [0.2, 0.25) is 0 Å². The normalized spacial score (nSPS) is 21.0. The van der Waals surface area contributed by atoms with Crippen molar-refractivity contribution in [2.24, 2.45) is 0 Å². The number of benzene rings is 2. The molecule has 130 valence electrons. The first-order valence-electron chi connectivity index (χ1n) is 8.66. The van der Waals surface area contributed by atoms with Crippen molar-refractivity contribution < 1.29 is 19.3 Å². The smallest absolute Gasteiger partial charge is 0.127 e. The largest absolute Gasteiger partial charge is 0.507 e. The lowest BCUT2D eigenvalue weighted by Gasteiger charge is -2.19. The van der Waals surface area contributed by atoms with Crippen LogP contribution in [0.15, 0.2) is 49.1 Å². The lowest BCUT2D eigenvalue weighted by molar-refractivity contribution is 0.263. The van der Waals surface area contributed by atoms with Crippen molar-refractivity contribution in [1.82, 2.24) is 0 Å². The summed E-state index contributed by atoms with van der Waals surface area (Å²) in [5.74, 6) is 1.04. The fraction of sp³-hybridized carbons (Fsp3) is 0.333. The van der Waals surface area contributed by atoms with Crippen molar-refractivity contribution in [1.29, 1.82) is 0 Å². The maximum Gasteiger partial charge on any atom is 0.127 e. The van der Waals surface area contributed by atoms with E-state index in [1.165, 1.54) is 0 Å². The summed E-state index contributed by atoms with van der Waals surface area (Å²) in [6.07, 6.45) is 3.80. The van der Waals surface area contributed by atoms with Gasteiger partial charge < -0.3 is 19.3 Å². The Morgan fingerprint density at radius 3 is 2.48 bits per heavy atom. The minimum absolute atomic E-state index is 0.180. The molecule has 2 aromatic rings. The molecular weight excluding hydrogens is 316 g/mol. The Morgan fingerprint density at radius 1 is 1.04 bits per heavy atom. The maximum absolute atomic E-state index is 10.6. The van der Waals surface area contributed by atoms with Gasteiger partial charge in [0.25, 0.3) is 0 Å². The number of hydrogen-bond donors (Lipinski definition) is 1. The van der Waals surface area contributed by atoms with Gasteiger partial charge in [0.15, 0.2) is 0 Å². The van der Waals surface area contributed by atoms with Crippen LogP contribution in [0.4, 0.5) is 0 Å². The van der Waals surface area contributed by atoms with Crippen LogP contribution in [0.5, 0.6) is 11.5 Å². The highest BCUT2D eigenvalue weighted by molar-refractivity contribution is 5.81. The predicted molar refractivity (Wildman–Crippen MR) is 96.1 cm³/mol. The molecule has 2 aliphatic heterocycles. The van der Waals surface area contributed by atoms with E-state index < -0.39 is 0 Å². The highest BCUT2D eigenvalue weighted by Gasteiger charge is 2.27. The fourth-order valence-corrected chi connectivity index (χ4v) is 3.13. The first-order valence-corrected chi connectivity index (χ1v) is 8.66. The molecule has 4 nitrogen and oxygen atoms in total. The van der Waals surface area contributed by atoms with E-state index >= 15 is 0 Å². The molecule has 2 aliphatic rings. The lowest BCUT2D eigenvalue weighted by Crippen LogP contribution is -2.07. The fourth-order valence-electron chi connectivity index (χ4n) is 3.13. The van der Waals surface area contributed by atoms with Crippen LogP contribution in [-0.2, 0) is 22.3 Å². The van der Waals surface area contributed by atoms with Crippen LogP contribution in [-0.4, -0.2) is 37.1 Å². The van der Waals surface area contributed by atoms with E-state index in [0.29, 0.717) is 13.0 Å². The summed E-state index contributed by atoms with van der Waals surface area (Å²) in [4.78, 5) is 0. The van der Waals surface area contributed by atoms with Crippen LogP contribution in [0.1, 0.15) is 11.1 Å². The third kappa shape index (κ3) is 3.70. The molecule has 2 fully saturated rings. The summed E-state index contributed by atoms with van der Waals surface area (Å²) < 4.78 is 16.7. The Labute approximate surface area is 147 Å². The van der Waals surface area contributed by atoms with E-state index in [9.17, 15) is 5.11 Å². The third-order valence-electron chi connectivity index (χ3n) is 4.53. The molecule has 2 atom stereocenters. The quantitative estimate of drug-likeness (QED) is 0.591. The molecule has 0 radical (unpaired) electrons. The second-order valence-electron chi connectivity index (χ2n) is 6.52. The van der Waals surface area contributed by atoms with E-state index in [1.54, 1.807) is 6.07 Å². The van der Waals surface area contributed by atoms with Gasteiger partial charge in [-0.05, 0) is 29.7 Å². The number of ether oxygens (including phenoxy) is 3. The Bertz CT molecular complexity index is 775. The van der Waals surface area contributed by atoms with E-state index in [1.807, 2.05) is 24.3 Å². The van der Waals surface area contributed by atoms with Gasteiger partial charge in [0.05, 0.1) is 19.3 Å². The summed E-state index contributed by atoms with van der Waals surface area (Å²) in [7, 11) is 0. The van der Waals surface area contributed by atoms with Gasteiger partial charge in [-0.3, -0.25) is 0 Å². The Hall–Kier alpha value is -2.30. The SMILES string of the molecule is C=CCc1cccc(OCC2CO2)c1-c1c(O)cccc1CC1CO1. The highest BCUT2D eigenvalue weighted by atomic mass is 16.6. The van der Waals surface area contributed by atoms with E-state index in [2.05, 4.69) is 18.7 Å². The van der Waals surface area contributed by atoms with E-state index in [0.717, 1.165) is 47.6 Å². The van der Waals surface area contributed by atoms with Crippen molar-refractivity contribution in [2.45, 2.75) is 25.0 Å². The first kappa shape index (κ1) is 16.2. The topological polar surface area (TPSA) is 54.5 Å². The maximum atomic E-state index is 10.6. The second kappa shape index (κ2) is 6.90. The van der Waals surface area contributed by atoms with Crippen LogP contribution < -0.4 is 4.74 Å². The van der Waals surface area contributed by atoms with E-state index in [4.69, 9.17) is 14.2 Å². The van der Waals surface area contributed by atoms with Gasteiger partial charge in [-0.1, -0.05) is 30.3 Å². The third-order valence-corrected chi connectivity index (χ3v) is 4.53. The van der Waals surface area contributed by atoms with Crippen molar-refractivity contribution in [3.8, 4) is 22.6 Å². The molecule has 2 aromatic carbocycles. The summed E-state index contributed by atoms with van der Waals surface area (Å²) in [6, 6.07) is 11.6. The van der Waals surface area contributed by atoms with Crippen LogP contribution in [0.2, 0.25) is 0 Å². The molecule has 2 saturated heterocycles. The summed E-state index contributed by atoms with van der Waals surface area (Å²) in [6.45, 7) is 5.93. The monoisotopic (exact) mass is 338 g/mol. The van der Waals surface area contributed by atoms with Crippen LogP contribution >= 0.6 is 0 Å². The molecular formula is C21H22O4. The highest BCUT2D eigenvalue weighted by Crippen LogP contribution is 2.42. The minimum atomic E-state index is 0.180. The molecule has 0 bridgehead atoms. The van der Waals surface area contributed by atoms with Crippen molar-refractivity contribution in [3.05, 3.63) is 60.2 Å². The molecule has 25 heavy (non-hydrogen) atoms. The Balaban J connectivity index is 1.80. The van der Waals surface area contributed by atoms with Gasteiger partial charge in [-0.2, -0.15) is 0 Å². The molecule has 0 spiro atoms. The molecule has 0 amide bonds. The lowest BCUT2D eigenvalue weighted by atomic mass is 9.90. The molecule has 2 heterocycles. The average molecular weight is 338 g/mol. The van der Waals surface area contributed by atoms with Crippen LogP contribution in [0.25, 0.3) is 11.1 Å². The second-order valence-corrected chi connectivity index (χ2v) is 6.52. The van der Waals surface area contributed by atoms with Crippen LogP contribution in [0.3, 0.4) is 0 Å². The van der Waals surface area contributed by atoms with Crippen LogP contribution in [0, 0.1) is 0 Å². The molecule has 2 unspecified atom stereocenters. The van der Waals surface area contributed by atoms with Gasteiger partial charge in [-0.25, -0.2) is 0 Å². The molecule has 0 aromatic heterocycles. The zero-order valence-electron chi connectivity index (χ0n) is 14.1. The number of rotatable bonds is 8. The van der Waals surface area contributed by atoms with Crippen molar-refractivity contribution >= 4 is 0 Å². The zero-order valence-corrected chi connectivity index (χ0v) is 14.1. The molecule has 0 saturated carbocycles. The molecule has 4 heteroatoms. The standard InChI is InChI=1S/C21H22O4/c1-2-5-14-6-4-9-19(25-13-17-12-24-17)21(14)20-15(10-16-11-23-16)7-3-8-18(20)22/h2-4,6-9,16-17,22H,1,5,10-13H2. The summed E-state index contributed by atoms with van der Waals surface area (Å²) in [5.41, 5.74) is 3.94. The number of phenols is 1. The summed E-state index contributed by atoms with van der Waals surface area (Å²) >= 11 is 0. The van der Waals surface area contributed by atoms with Crippen molar-refractivity contribution in [2.75, 3.05) is 19.8 Å². The first-order chi connectivity index (χ1) is 12.3. The van der Waals surface area contributed by atoms with Gasteiger partial charge in [0.1, 0.15) is 24.2 Å². The van der Waals surface area contributed by atoms with Gasteiger partial charge in [-0.15, -0.1) is 6.58 Å². The number of epoxide rings is 2. The Kier molecular flexibility index (Phi) is 4.47. The molecule has 4 rings (SSSR count). The number of phenolic OH excluding ortho intramolecular Hbond substituents is 1. The van der Waals surface area contributed by atoms with Gasteiger partial charge >= 0.3 is 0 Å². The molecule has 0 aliphatic carbocycles. The zero-order chi connectivity index (χ0) is 17.2. The predicted octanol–water partition coefficient (Wildman–Crippen LogP) is 3.51. The number of hydrogen-bond acceptors (Lipinski definition) is 4. The Morgan fingerprint density at radius 2 is 1.76 bits per heavy atom. The number of aromatic hydroxyl groups is 1. The molecule has 1 N–H and O–H groups in total. The number of allylic oxidation sites excluding steroid dienone is 1.